The van der Waals surface area contributed by atoms with E-state index in [0.717, 1.165) is 17.7 Å². The predicted molar refractivity (Wildman–Crippen MR) is 97.8 cm³/mol. The number of amides is 1. The van der Waals surface area contributed by atoms with Gasteiger partial charge in [0.2, 0.25) is 5.91 Å². The van der Waals surface area contributed by atoms with Gasteiger partial charge in [-0.25, -0.2) is 0 Å². The Hall–Kier alpha value is -2.14. The second kappa shape index (κ2) is 9.88. The fraction of sp³-hybridized carbons (Fsp3) is 0.316. The fourth-order valence-electron chi connectivity index (χ4n) is 2.22. The lowest BCUT2D eigenvalue weighted by Gasteiger charge is -2.10. The average molecular weight is 345 g/mol. The molecule has 0 saturated heterocycles. The van der Waals surface area contributed by atoms with E-state index in [1.54, 1.807) is 26.0 Å². The normalized spacial score (nSPS) is 10.2. The van der Waals surface area contributed by atoms with Crippen molar-refractivity contribution in [2.24, 2.45) is 0 Å². The van der Waals surface area contributed by atoms with Crippen LogP contribution in [0.15, 0.2) is 53.4 Å². The topological polar surface area (TPSA) is 47.6 Å². The Labute approximate surface area is 147 Å². The van der Waals surface area contributed by atoms with E-state index in [9.17, 15) is 4.79 Å². The minimum Gasteiger partial charge on any atom is -0.493 e. The number of benzene rings is 2. The smallest absolute Gasteiger partial charge is 0.220 e. The molecule has 0 saturated carbocycles. The number of rotatable bonds is 9. The first-order valence-electron chi connectivity index (χ1n) is 7.88. The first kappa shape index (κ1) is 18.2. The third-order valence-corrected chi connectivity index (χ3v) is 4.60. The number of ether oxygens (including phenoxy) is 2. The molecule has 1 amide bonds. The molecular formula is C19H23NO3S. The second-order valence-corrected chi connectivity index (χ2v) is 6.40. The Bertz CT molecular complexity index is 646. The number of methoxy groups -OCH3 is 2. The highest BCUT2D eigenvalue weighted by atomic mass is 32.2. The zero-order valence-corrected chi connectivity index (χ0v) is 14.9. The summed E-state index contributed by atoms with van der Waals surface area (Å²) < 4.78 is 10.5. The molecule has 0 radical (unpaired) electrons. The van der Waals surface area contributed by atoms with Crippen molar-refractivity contribution in [1.82, 2.24) is 5.32 Å². The summed E-state index contributed by atoms with van der Waals surface area (Å²) in [6.45, 7) is 0.491. The monoisotopic (exact) mass is 345 g/mol. The van der Waals surface area contributed by atoms with Crippen LogP contribution in [0.4, 0.5) is 0 Å². The van der Waals surface area contributed by atoms with E-state index in [4.69, 9.17) is 9.47 Å². The molecule has 0 spiro atoms. The van der Waals surface area contributed by atoms with E-state index in [-0.39, 0.29) is 5.91 Å². The Balaban J connectivity index is 1.69. The van der Waals surface area contributed by atoms with Gasteiger partial charge in [-0.3, -0.25) is 4.79 Å². The van der Waals surface area contributed by atoms with Crippen LogP contribution in [0.3, 0.4) is 0 Å². The van der Waals surface area contributed by atoms with Gasteiger partial charge >= 0.3 is 0 Å². The van der Waals surface area contributed by atoms with Crippen LogP contribution in [0.1, 0.15) is 18.4 Å². The van der Waals surface area contributed by atoms with Gasteiger partial charge in [0.25, 0.3) is 0 Å². The molecule has 2 aromatic carbocycles. The number of hydrogen-bond donors (Lipinski definition) is 1. The molecule has 1 N–H and O–H groups in total. The van der Waals surface area contributed by atoms with Gasteiger partial charge in [-0.05, 0) is 42.0 Å². The van der Waals surface area contributed by atoms with Crippen LogP contribution in [0.25, 0.3) is 0 Å². The third-order valence-electron chi connectivity index (χ3n) is 3.50. The van der Waals surface area contributed by atoms with E-state index in [2.05, 4.69) is 17.4 Å². The third kappa shape index (κ3) is 5.81. The zero-order valence-electron chi connectivity index (χ0n) is 14.1. The lowest BCUT2D eigenvalue weighted by molar-refractivity contribution is -0.121. The summed E-state index contributed by atoms with van der Waals surface area (Å²) in [4.78, 5) is 13.2. The van der Waals surface area contributed by atoms with E-state index < -0.39 is 0 Å². The average Bonchev–Trinajstić information content (AvgIpc) is 2.64. The quantitative estimate of drug-likeness (QED) is 0.553. The summed E-state index contributed by atoms with van der Waals surface area (Å²) in [6.07, 6.45) is 1.39. The Kier molecular flexibility index (Phi) is 7.49. The van der Waals surface area contributed by atoms with Crippen LogP contribution in [0, 0.1) is 0 Å². The zero-order chi connectivity index (χ0) is 17.2. The molecule has 2 aromatic rings. The molecule has 0 aromatic heterocycles. The first-order chi connectivity index (χ1) is 11.7. The van der Waals surface area contributed by atoms with E-state index >= 15 is 0 Å². The van der Waals surface area contributed by atoms with E-state index in [1.807, 2.05) is 36.4 Å². The Morgan fingerprint density at radius 1 is 1.04 bits per heavy atom. The molecule has 0 aliphatic rings. The minimum atomic E-state index is 0.0680. The lowest BCUT2D eigenvalue weighted by Crippen LogP contribution is -2.22. The maximum absolute atomic E-state index is 11.9. The van der Waals surface area contributed by atoms with Gasteiger partial charge in [-0.15, -0.1) is 11.8 Å². The SMILES string of the molecule is COc1ccc(CNC(=O)CCCSc2ccccc2)cc1OC. The van der Waals surface area contributed by atoms with Crippen molar-refractivity contribution < 1.29 is 14.3 Å². The highest BCUT2D eigenvalue weighted by Crippen LogP contribution is 2.27. The number of thioether (sulfide) groups is 1. The number of nitrogens with one attached hydrogen (secondary N) is 1. The molecule has 0 atom stereocenters. The van der Waals surface area contributed by atoms with Crippen molar-refractivity contribution in [2.75, 3.05) is 20.0 Å². The van der Waals surface area contributed by atoms with Gasteiger partial charge in [-0.1, -0.05) is 24.3 Å². The molecule has 2 rings (SSSR count). The molecule has 0 fully saturated rings. The molecule has 5 heteroatoms. The van der Waals surface area contributed by atoms with Crippen molar-refractivity contribution in [1.29, 1.82) is 0 Å². The number of hydrogen-bond acceptors (Lipinski definition) is 4. The van der Waals surface area contributed by atoms with Crippen LogP contribution in [-0.4, -0.2) is 25.9 Å². The first-order valence-corrected chi connectivity index (χ1v) is 8.87. The molecule has 0 aliphatic heterocycles. The summed E-state index contributed by atoms with van der Waals surface area (Å²) in [6, 6.07) is 15.9. The molecule has 0 heterocycles. The highest BCUT2D eigenvalue weighted by molar-refractivity contribution is 7.99. The van der Waals surface area contributed by atoms with Gasteiger partial charge in [0, 0.05) is 17.9 Å². The summed E-state index contributed by atoms with van der Waals surface area (Å²) in [5, 5.41) is 2.94. The summed E-state index contributed by atoms with van der Waals surface area (Å²) >= 11 is 1.78. The van der Waals surface area contributed by atoms with Crippen LogP contribution < -0.4 is 14.8 Å². The predicted octanol–water partition coefficient (Wildman–Crippen LogP) is 3.89. The van der Waals surface area contributed by atoms with Crippen LogP contribution in [0.5, 0.6) is 11.5 Å². The van der Waals surface area contributed by atoms with E-state index in [0.29, 0.717) is 24.5 Å². The number of carbonyl (C=O) groups excluding carboxylic acids is 1. The molecule has 0 aliphatic carbocycles. The fourth-order valence-corrected chi connectivity index (χ4v) is 3.09. The van der Waals surface area contributed by atoms with Crippen molar-refractivity contribution in [3.63, 3.8) is 0 Å². The number of carbonyl (C=O) groups is 1. The van der Waals surface area contributed by atoms with Crippen molar-refractivity contribution >= 4 is 17.7 Å². The van der Waals surface area contributed by atoms with Gasteiger partial charge < -0.3 is 14.8 Å². The summed E-state index contributed by atoms with van der Waals surface area (Å²) in [7, 11) is 3.21. The Morgan fingerprint density at radius 3 is 2.50 bits per heavy atom. The van der Waals surface area contributed by atoms with Gasteiger partial charge in [-0.2, -0.15) is 0 Å². The molecule has 128 valence electrons. The lowest BCUT2D eigenvalue weighted by atomic mass is 10.2. The summed E-state index contributed by atoms with van der Waals surface area (Å²) in [5.74, 6) is 2.36. The van der Waals surface area contributed by atoms with Crippen molar-refractivity contribution in [3.05, 3.63) is 54.1 Å². The molecule has 0 unspecified atom stereocenters. The van der Waals surface area contributed by atoms with Crippen molar-refractivity contribution in [2.45, 2.75) is 24.3 Å². The van der Waals surface area contributed by atoms with E-state index in [1.165, 1.54) is 4.90 Å². The molecule has 4 nitrogen and oxygen atoms in total. The largest absolute Gasteiger partial charge is 0.493 e. The van der Waals surface area contributed by atoms with Gasteiger partial charge in [0.1, 0.15) is 0 Å². The molecule has 0 bridgehead atoms. The van der Waals surface area contributed by atoms with Crippen LogP contribution >= 0.6 is 11.8 Å². The summed E-state index contributed by atoms with van der Waals surface area (Å²) in [5.41, 5.74) is 0.986. The second-order valence-electron chi connectivity index (χ2n) is 5.23. The standard InChI is InChI=1S/C19H23NO3S/c1-22-17-11-10-15(13-18(17)23-2)14-20-19(21)9-6-12-24-16-7-4-3-5-8-16/h3-5,7-8,10-11,13H,6,9,12,14H2,1-2H3,(H,20,21). The van der Waals surface area contributed by atoms with Gasteiger partial charge in [0.15, 0.2) is 11.5 Å². The minimum absolute atomic E-state index is 0.0680. The Morgan fingerprint density at radius 2 is 1.79 bits per heavy atom. The maximum Gasteiger partial charge on any atom is 0.220 e. The van der Waals surface area contributed by atoms with Gasteiger partial charge in [0.05, 0.1) is 14.2 Å². The van der Waals surface area contributed by atoms with Crippen LogP contribution in [0.2, 0.25) is 0 Å². The van der Waals surface area contributed by atoms with Crippen molar-refractivity contribution in [3.8, 4) is 11.5 Å². The molecule has 24 heavy (non-hydrogen) atoms. The highest BCUT2D eigenvalue weighted by Gasteiger charge is 2.06. The molecular weight excluding hydrogens is 322 g/mol. The van der Waals surface area contributed by atoms with Crippen LogP contribution in [-0.2, 0) is 11.3 Å². The maximum atomic E-state index is 11.9.